The summed E-state index contributed by atoms with van der Waals surface area (Å²) in [7, 11) is 3.75. The zero-order valence-electron chi connectivity index (χ0n) is 17.9. The Hall–Kier alpha value is -3.21. The highest BCUT2D eigenvalue weighted by Gasteiger charge is 2.28. The zero-order chi connectivity index (χ0) is 22.7. The standard InChI is InChI=1S/C20H27N5O6/c1-4-31-20(28)22-9-7-14(8-10-22)24-18(26)16-13-15(25(29)30)5-6-17(16)23(19(24)27)12-11-21(2)3/h5-6,13-14H,4,7-12H2,1-3H3. The van der Waals surface area contributed by atoms with Gasteiger partial charge in [0.05, 0.1) is 22.4 Å². The van der Waals surface area contributed by atoms with E-state index in [-0.39, 0.29) is 17.7 Å². The smallest absolute Gasteiger partial charge is 0.409 e. The maximum atomic E-state index is 13.3. The number of fused-ring (bicyclic) bond motifs is 1. The van der Waals surface area contributed by atoms with Crippen LogP contribution >= 0.6 is 0 Å². The van der Waals surface area contributed by atoms with Gasteiger partial charge in [-0.15, -0.1) is 0 Å². The van der Waals surface area contributed by atoms with Crippen LogP contribution in [0, 0.1) is 10.1 Å². The van der Waals surface area contributed by atoms with E-state index in [0.717, 1.165) is 0 Å². The molecule has 2 aromatic rings. The van der Waals surface area contributed by atoms with Crippen LogP contribution in [0.5, 0.6) is 0 Å². The summed E-state index contributed by atoms with van der Waals surface area (Å²) >= 11 is 0. The summed E-state index contributed by atoms with van der Waals surface area (Å²) in [4.78, 5) is 52.7. The van der Waals surface area contributed by atoms with E-state index in [2.05, 4.69) is 0 Å². The van der Waals surface area contributed by atoms with Crippen LogP contribution in [0.1, 0.15) is 25.8 Å². The minimum Gasteiger partial charge on any atom is -0.450 e. The van der Waals surface area contributed by atoms with Crippen LogP contribution in [0.4, 0.5) is 10.5 Å². The van der Waals surface area contributed by atoms with Crippen molar-refractivity contribution in [1.82, 2.24) is 18.9 Å². The number of hydrogen-bond acceptors (Lipinski definition) is 7. The Morgan fingerprint density at radius 2 is 1.94 bits per heavy atom. The molecule has 1 amide bonds. The molecule has 2 heterocycles. The predicted molar refractivity (Wildman–Crippen MR) is 115 cm³/mol. The van der Waals surface area contributed by atoms with E-state index in [1.54, 1.807) is 11.8 Å². The van der Waals surface area contributed by atoms with Gasteiger partial charge in [0.15, 0.2) is 0 Å². The second-order valence-electron chi connectivity index (χ2n) is 7.79. The Morgan fingerprint density at radius 3 is 2.52 bits per heavy atom. The Balaban J connectivity index is 2.06. The van der Waals surface area contributed by atoms with Gasteiger partial charge in [0.2, 0.25) is 0 Å². The molecule has 0 unspecified atom stereocenters. The molecule has 0 saturated carbocycles. The van der Waals surface area contributed by atoms with E-state index in [1.165, 1.54) is 27.3 Å². The number of piperidine rings is 1. The molecule has 168 valence electrons. The van der Waals surface area contributed by atoms with Gasteiger partial charge in [-0.2, -0.15) is 0 Å². The lowest BCUT2D eigenvalue weighted by Gasteiger charge is -2.32. The first kappa shape index (κ1) is 22.5. The number of ether oxygens (including phenoxy) is 1. The summed E-state index contributed by atoms with van der Waals surface area (Å²) in [6.45, 7) is 3.63. The summed E-state index contributed by atoms with van der Waals surface area (Å²) in [5.74, 6) is 0. The third-order valence-electron chi connectivity index (χ3n) is 5.49. The highest BCUT2D eigenvalue weighted by Crippen LogP contribution is 2.23. The average molecular weight is 433 g/mol. The zero-order valence-corrected chi connectivity index (χ0v) is 17.9. The van der Waals surface area contributed by atoms with Crippen LogP contribution in [0.2, 0.25) is 0 Å². The van der Waals surface area contributed by atoms with Crippen LogP contribution in [0.15, 0.2) is 27.8 Å². The van der Waals surface area contributed by atoms with Crippen molar-refractivity contribution in [3.8, 4) is 0 Å². The first-order chi connectivity index (χ1) is 14.7. The molecule has 0 spiro atoms. The van der Waals surface area contributed by atoms with E-state index in [9.17, 15) is 24.5 Å². The van der Waals surface area contributed by atoms with Gasteiger partial charge in [-0.3, -0.25) is 24.0 Å². The first-order valence-corrected chi connectivity index (χ1v) is 10.2. The van der Waals surface area contributed by atoms with E-state index in [4.69, 9.17) is 4.74 Å². The van der Waals surface area contributed by atoms with Crippen molar-refractivity contribution in [2.75, 3.05) is 40.3 Å². The van der Waals surface area contributed by atoms with Crippen molar-refractivity contribution >= 4 is 22.7 Å². The lowest BCUT2D eigenvalue weighted by Crippen LogP contribution is -2.47. The van der Waals surface area contributed by atoms with Crippen molar-refractivity contribution in [2.24, 2.45) is 0 Å². The largest absolute Gasteiger partial charge is 0.450 e. The quantitative estimate of drug-likeness (QED) is 0.499. The molecule has 1 aromatic heterocycles. The molecule has 1 saturated heterocycles. The lowest BCUT2D eigenvalue weighted by atomic mass is 10.0. The molecular weight excluding hydrogens is 406 g/mol. The number of rotatable bonds is 6. The molecule has 1 aliphatic rings. The third kappa shape index (κ3) is 4.61. The molecule has 1 aliphatic heterocycles. The summed E-state index contributed by atoms with van der Waals surface area (Å²) < 4.78 is 7.72. The number of likely N-dealkylation sites (tertiary alicyclic amines) is 1. The topological polar surface area (TPSA) is 120 Å². The van der Waals surface area contributed by atoms with Gasteiger partial charge < -0.3 is 14.5 Å². The molecule has 1 fully saturated rings. The molecule has 31 heavy (non-hydrogen) atoms. The molecule has 11 nitrogen and oxygen atoms in total. The highest BCUT2D eigenvalue weighted by molar-refractivity contribution is 5.80. The number of non-ortho nitro benzene ring substituents is 1. The van der Waals surface area contributed by atoms with E-state index < -0.39 is 28.3 Å². The summed E-state index contributed by atoms with van der Waals surface area (Å²) in [5.41, 5.74) is -0.809. The van der Waals surface area contributed by atoms with Crippen LogP contribution in [-0.4, -0.2) is 70.3 Å². The highest BCUT2D eigenvalue weighted by atomic mass is 16.6. The van der Waals surface area contributed by atoms with Crippen molar-refractivity contribution in [3.63, 3.8) is 0 Å². The number of amides is 1. The second-order valence-corrected chi connectivity index (χ2v) is 7.79. The number of carbonyl (C=O) groups is 1. The number of nitro benzene ring substituents is 1. The van der Waals surface area contributed by atoms with Crippen LogP contribution in [0.3, 0.4) is 0 Å². The fourth-order valence-corrected chi connectivity index (χ4v) is 3.85. The van der Waals surface area contributed by atoms with Gasteiger partial charge in [-0.1, -0.05) is 0 Å². The number of aromatic nitrogens is 2. The molecule has 1 aromatic carbocycles. The van der Waals surface area contributed by atoms with E-state index >= 15 is 0 Å². The van der Waals surface area contributed by atoms with Crippen molar-refractivity contribution in [3.05, 3.63) is 49.2 Å². The normalized spacial score (nSPS) is 14.9. The number of nitrogens with zero attached hydrogens (tertiary/aromatic N) is 5. The van der Waals surface area contributed by atoms with Gasteiger partial charge in [-0.05, 0) is 39.9 Å². The summed E-state index contributed by atoms with van der Waals surface area (Å²) in [6, 6.07) is 3.59. The Labute approximate surface area is 178 Å². The molecule has 3 rings (SSSR count). The Bertz CT molecular complexity index is 1100. The second kappa shape index (κ2) is 9.29. The Morgan fingerprint density at radius 1 is 1.26 bits per heavy atom. The fourth-order valence-electron chi connectivity index (χ4n) is 3.85. The number of nitro groups is 1. The maximum Gasteiger partial charge on any atom is 0.409 e. The molecule has 0 radical (unpaired) electrons. The number of hydrogen-bond donors (Lipinski definition) is 0. The number of likely N-dealkylation sites (N-methyl/N-ethyl adjacent to an activating group) is 1. The van der Waals surface area contributed by atoms with Gasteiger partial charge in [0.25, 0.3) is 11.2 Å². The summed E-state index contributed by atoms with van der Waals surface area (Å²) in [6.07, 6.45) is 0.426. The monoisotopic (exact) mass is 433 g/mol. The molecule has 11 heteroatoms. The SMILES string of the molecule is CCOC(=O)N1CCC(n2c(=O)c3cc([N+](=O)[O-])ccc3n(CCN(C)C)c2=O)CC1. The molecular formula is C20H27N5O6. The maximum absolute atomic E-state index is 13.3. The molecule has 0 bridgehead atoms. The van der Waals surface area contributed by atoms with Crippen molar-refractivity contribution in [2.45, 2.75) is 32.4 Å². The third-order valence-corrected chi connectivity index (χ3v) is 5.49. The van der Waals surface area contributed by atoms with E-state index in [1.807, 2.05) is 19.0 Å². The van der Waals surface area contributed by atoms with Crippen LogP contribution in [0.25, 0.3) is 10.9 Å². The molecule has 0 atom stereocenters. The van der Waals surface area contributed by atoms with Gasteiger partial charge >= 0.3 is 11.8 Å². The first-order valence-electron chi connectivity index (χ1n) is 10.2. The van der Waals surface area contributed by atoms with Crippen LogP contribution in [-0.2, 0) is 11.3 Å². The molecule has 0 aliphatic carbocycles. The minimum atomic E-state index is -0.559. The average Bonchev–Trinajstić information content (AvgIpc) is 2.73. The minimum absolute atomic E-state index is 0.139. The Kier molecular flexibility index (Phi) is 6.74. The predicted octanol–water partition coefficient (Wildman–Crippen LogP) is 1.43. The van der Waals surface area contributed by atoms with Gasteiger partial charge in [0.1, 0.15) is 0 Å². The number of benzene rings is 1. The van der Waals surface area contributed by atoms with Gasteiger partial charge in [-0.25, -0.2) is 9.59 Å². The van der Waals surface area contributed by atoms with Crippen LogP contribution < -0.4 is 11.2 Å². The van der Waals surface area contributed by atoms with Crippen molar-refractivity contribution < 1.29 is 14.5 Å². The molecule has 0 N–H and O–H groups in total. The fraction of sp³-hybridized carbons (Fsp3) is 0.550. The van der Waals surface area contributed by atoms with Gasteiger partial charge in [0, 0.05) is 44.4 Å². The lowest BCUT2D eigenvalue weighted by molar-refractivity contribution is -0.384. The summed E-state index contributed by atoms with van der Waals surface area (Å²) in [5, 5.41) is 11.4. The van der Waals surface area contributed by atoms with E-state index in [0.29, 0.717) is 44.5 Å². The number of carbonyl (C=O) groups excluding carboxylic acids is 1. The van der Waals surface area contributed by atoms with Crippen molar-refractivity contribution in [1.29, 1.82) is 0 Å².